The number of hydrogen-bond acceptors (Lipinski definition) is 2. The SMILES string of the molecule is O=C(C=Cc1ccnc2ccccc12)N1CC2CCC1C2. The van der Waals surface area contributed by atoms with Crippen LogP contribution >= 0.6 is 0 Å². The number of amides is 1. The summed E-state index contributed by atoms with van der Waals surface area (Å²) in [6.45, 7) is 0.949. The number of piperidine rings is 1. The molecule has 21 heavy (non-hydrogen) atoms. The van der Waals surface area contributed by atoms with E-state index in [1.54, 1.807) is 12.3 Å². The molecule has 1 amide bonds. The lowest BCUT2D eigenvalue weighted by Gasteiger charge is -2.25. The molecule has 2 bridgehead atoms. The van der Waals surface area contributed by atoms with Crippen LogP contribution in [0.5, 0.6) is 0 Å². The van der Waals surface area contributed by atoms with Crippen molar-refractivity contribution in [2.24, 2.45) is 5.92 Å². The van der Waals surface area contributed by atoms with E-state index in [0.29, 0.717) is 6.04 Å². The van der Waals surface area contributed by atoms with E-state index in [2.05, 4.69) is 4.98 Å². The fourth-order valence-corrected chi connectivity index (χ4v) is 3.71. The van der Waals surface area contributed by atoms with Crippen LogP contribution in [0.4, 0.5) is 0 Å². The van der Waals surface area contributed by atoms with Crippen LogP contribution in [0.3, 0.4) is 0 Å². The lowest BCUT2D eigenvalue weighted by molar-refractivity contribution is -0.127. The smallest absolute Gasteiger partial charge is 0.246 e. The van der Waals surface area contributed by atoms with Crippen LogP contribution in [-0.4, -0.2) is 28.4 Å². The highest BCUT2D eigenvalue weighted by atomic mass is 16.2. The number of rotatable bonds is 2. The fraction of sp³-hybridized carbons (Fsp3) is 0.333. The number of hydrogen-bond donors (Lipinski definition) is 0. The Morgan fingerprint density at radius 1 is 1.24 bits per heavy atom. The zero-order chi connectivity index (χ0) is 14.2. The number of nitrogens with zero attached hydrogens (tertiary/aromatic N) is 2. The van der Waals surface area contributed by atoms with Crippen molar-refractivity contribution in [3.05, 3.63) is 48.2 Å². The summed E-state index contributed by atoms with van der Waals surface area (Å²) < 4.78 is 0. The zero-order valence-corrected chi connectivity index (χ0v) is 11.9. The van der Waals surface area contributed by atoms with E-state index < -0.39 is 0 Å². The average Bonchev–Trinajstić information content (AvgIpc) is 3.15. The van der Waals surface area contributed by atoms with Crippen LogP contribution in [0.25, 0.3) is 17.0 Å². The van der Waals surface area contributed by atoms with Crippen molar-refractivity contribution < 1.29 is 4.79 Å². The van der Waals surface area contributed by atoms with Crippen molar-refractivity contribution in [3.63, 3.8) is 0 Å². The summed E-state index contributed by atoms with van der Waals surface area (Å²) >= 11 is 0. The van der Waals surface area contributed by atoms with Gasteiger partial charge in [-0.3, -0.25) is 9.78 Å². The third kappa shape index (κ3) is 2.23. The summed E-state index contributed by atoms with van der Waals surface area (Å²) in [6, 6.07) is 10.5. The van der Waals surface area contributed by atoms with Crippen molar-refractivity contribution in [1.82, 2.24) is 9.88 Å². The van der Waals surface area contributed by atoms with Crippen LogP contribution < -0.4 is 0 Å². The van der Waals surface area contributed by atoms with Gasteiger partial charge in [0.1, 0.15) is 0 Å². The Kier molecular flexibility index (Phi) is 2.99. The van der Waals surface area contributed by atoms with E-state index in [4.69, 9.17) is 0 Å². The summed E-state index contributed by atoms with van der Waals surface area (Å²) in [4.78, 5) is 18.8. The summed E-state index contributed by atoms with van der Waals surface area (Å²) in [5, 5.41) is 1.09. The van der Waals surface area contributed by atoms with Crippen LogP contribution in [0.1, 0.15) is 24.8 Å². The maximum absolute atomic E-state index is 12.4. The summed E-state index contributed by atoms with van der Waals surface area (Å²) in [7, 11) is 0. The van der Waals surface area contributed by atoms with Crippen LogP contribution in [0.2, 0.25) is 0 Å². The first-order chi connectivity index (χ1) is 10.3. The lowest BCUT2D eigenvalue weighted by Crippen LogP contribution is -2.36. The molecular formula is C18H18N2O. The van der Waals surface area contributed by atoms with Crippen LogP contribution in [-0.2, 0) is 4.79 Å². The molecular weight excluding hydrogens is 260 g/mol. The molecule has 2 aromatic rings. The van der Waals surface area contributed by atoms with Crippen molar-refractivity contribution in [2.75, 3.05) is 6.54 Å². The molecule has 1 saturated carbocycles. The number of pyridine rings is 1. The van der Waals surface area contributed by atoms with E-state index in [0.717, 1.165) is 28.9 Å². The maximum Gasteiger partial charge on any atom is 0.246 e. The molecule has 1 aliphatic carbocycles. The minimum absolute atomic E-state index is 0.156. The van der Waals surface area contributed by atoms with Crippen molar-refractivity contribution in [1.29, 1.82) is 0 Å². The zero-order valence-electron chi connectivity index (χ0n) is 11.9. The van der Waals surface area contributed by atoms with E-state index in [1.165, 1.54) is 19.3 Å². The van der Waals surface area contributed by atoms with Gasteiger partial charge < -0.3 is 4.90 Å². The molecule has 1 aromatic heterocycles. The number of aromatic nitrogens is 1. The highest BCUT2D eigenvalue weighted by molar-refractivity contribution is 5.96. The Hall–Kier alpha value is -2.16. The number of para-hydroxylation sites is 1. The monoisotopic (exact) mass is 278 g/mol. The van der Waals surface area contributed by atoms with Crippen LogP contribution in [0, 0.1) is 5.92 Å². The van der Waals surface area contributed by atoms with E-state index in [-0.39, 0.29) is 5.91 Å². The fourth-order valence-electron chi connectivity index (χ4n) is 3.71. The second-order valence-electron chi connectivity index (χ2n) is 6.07. The molecule has 2 aliphatic rings. The van der Waals surface area contributed by atoms with Gasteiger partial charge in [0.2, 0.25) is 5.91 Å². The van der Waals surface area contributed by atoms with Crippen molar-refractivity contribution in [2.45, 2.75) is 25.3 Å². The molecule has 0 radical (unpaired) electrons. The Balaban J connectivity index is 1.58. The number of fused-ring (bicyclic) bond motifs is 3. The van der Waals surface area contributed by atoms with E-state index in [9.17, 15) is 4.79 Å². The molecule has 1 saturated heterocycles. The summed E-state index contributed by atoms with van der Waals surface area (Å²) in [6.07, 6.45) is 9.14. The molecule has 106 valence electrons. The van der Waals surface area contributed by atoms with Gasteiger partial charge in [-0.05, 0) is 49.0 Å². The predicted molar refractivity (Wildman–Crippen MR) is 83.6 cm³/mol. The minimum atomic E-state index is 0.156. The molecule has 2 atom stereocenters. The predicted octanol–water partition coefficient (Wildman–Crippen LogP) is 3.26. The first-order valence-electron chi connectivity index (χ1n) is 7.64. The normalized spacial score (nSPS) is 24.3. The standard InChI is InChI=1S/C18H18N2O/c21-18(20-12-13-5-7-15(20)11-13)8-6-14-9-10-19-17-4-2-1-3-16(14)17/h1-4,6,8-10,13,15H,5,7,11-12H2. The van der Waals surface area contributed by atoms with Gasteiger partial charge >= 0.3 is 0 Å². The highest BCUT2D eigenvalue weighted by Crippen LogP contribution is 2.37. The van der Waals surface area contributed by atoms with Gasteiger partial charge in [-0.25, -0.2) is 0 Å². The van der Waals surface area contributed by atoms with Gasteiger partial charge in [0.25, 0.3) is 0 Å². The van der Waals surface area contributed by atoms with E-state index >= 15 is 0 Å². The number of benzene rings is 1. The first-order valence-corrected chi connectivity index (χ1v) is 7.64. The molecule has 2 heterocycles. The molecule has 0 N–H and O–H groups in total. The second-order valence-corrected chi connectivity index (χ2v) is 6.07. The largest absolute Gasteiger partial charge is 0.336 e. The molecule has 4 rings (SSSR count). The number of likely N-dealkylation sites (tertiary alicyclic amines) is 1. The van der Waals surface area contributed by atoms with Crippen LogP contribution in [0.15, 0.2) is 42.6 Å². The molecule has 2 fully saturated rings. The summed E-state index contributed by atoms with van der Waals surface area (Å²) in [5.41, 5.74) is 2.02. The first kappa shape index (κ1) is 12.6. The average molecular weight is 278 g/mol. The Morgan fingerprint density at radius 2 is 2.14 bits per heavy atom. The van der Waals surface area contributed by atoms with Gasteiger partial charge in [-0.15, -0.1) is 0 Å². The molecule has 3 nitrogen and oxygen atoms in total. The van der Waals surface area contributed by atoms with Crippen molar-refractivity contribution >= 4 is 22.9 Å². The molecule has 0 spiro atoms. The maximum atomic E-state index is 12.4. The van der Waals surface area contributed by atoms with Gasteiger partial charge in [0.05, 0.1) is 5.52 Å². The summed E-state index contributed by atoms with van der Waals surface area (Å²) in [5.74, 6) is 0.900. The van der Waals surface area contributed by atoms with E-state index in [1.807, 2.05) is 41.3 Å². The van der Waals surface area contributed by atoms with Gasteiger partial charge in [0, 0.05) is 30.2 Å². The molecule has 2 unspecified atom stereocenters. The van der Waals surface area contributed by atoms with Crippen molar-refractivity contribution in [3.8, 4) is 0 Å². The quantitative estimate of drug-likeness (QED) is 0.790. The topological polar surface area (TPSA) is 33.2 Å². The molecule has 1 aliphatic heterocycles. The Labute approximate surface area is 124 Å². The minimum Gasteiger partial charge on any atom is -0.336 e. The Morgan fingerprint density at radius 3 is 2.95 bits per heavy atom. The second kappa shape index (κ2) is 4.99. The van der Waals surface area contributed by atoms with Gasteiger partial charge in [0.15, 0.2) is 0 Å². The third-order valence-corrected chi connectivity index (χ3v) is 4.78. The number of carbonyl (C=O) groups is 1. The molecule has 3 heteroatoms. The van der Waals surface area contributed by atoms with Gasteiger partial charge in [-0.1, -0.05) is 18.2 Å². The van der Waals surface area contributed by atoms with Gasteiger partial charge in [-0.2, -0.15) is 0 Å². The third-order valence-electron chi connectivity index (χ3n) is 4.78. The number of carbonyl (C=O) groups excluding carboxylic acids is 1. The molecule has 1 aromatic carbocycles. The highest BCUT2D eigenvalue weighted by Gasteiger charge is 2.39. The lowest BCUT2D eigenvalue weighted by atomic mass is 10.1. The Bertz CT molecular complexity index is 717.